The molecule has 0 radical (unpaired) electrons. The highest BCUT2D eigenvalue weighted by Crippen LogP contribution is 2.30. The van der Waals surface area contributed by atoms with Gasteiger partial charge in [-0.05, 0) is 6.07 Å². The molecule has 1 N–H and O–H groups in total. The fourth-order valence-corrected chi connectivity index (χ4v) is 1.98. The van der Waals surface area contributed by atoms with E-state index in [1.807, 2.05) is 0 Å². The van der Waals surface area contributed by atoms with Crippen LogP contribution in [0.4, 0.5) is 5.82 Å². The zero-order valence-electron chi connectivity index (χ0n) is 10.5. The van der Waals surface area contributed by atoms with Gasteiger partial charge >= 0.3 is 0 Å². The average Bonchev–Trinajstić information content (AvgIpc) is 2.34. The van der Waals surface area contributed by atoms with Crippen molar-refractivity contribution in [3.05, 3.63) is 21.3 Å². The minimum absolute atomic E-state index is 0.106. The first-order chi connectivity index (χ1) is 8.95. The molecule has 1 heterocycles. The second-order valence-electron chi connectivity index (χ2n) is 3.77. The molecule has 106 valence electrons. The molecule has 5 nitrogen and oxygen atoms in total. The van der Waals surface area contributed by atoms with Crippen molar-refractivity contribution < 1.29 is 9.53 Å². The van der Waals surface area contributed by atoms with Crippen LogP contribution in [0.25, 0.3) is 0 Å². The number of carbonyl (C=O) groups is 1. The minimum Gasteiger partial charge on any atom is -0.383 e. The van der Waals surface area contributed by atoms with Gasteiger partial charge in [-0.15, -0.1) is 0 Å². The van der Waals surface area contributed by atoms with Crippen LogP contribution >= 0.6 is 34.8 Å². The smallest absolute Gasteiger partial charge is 0.239 e. The number of likely N-dealkylation sites (N-methyl/N-ethyl adjacent to an activating group) is 1. The lowest BCUT2D eigenvalue weighted by Gasteiger charge is -2.19. The summed E-state index contributed by atoms with van der Waals surface area (Å²) in [5.74, 6) is 0.237. The highest BCUT2D eigenvalue weighted by Gasteiger charge is 2.14. The van der Waals surface area contributed by atoms with Crippen LogP contribution < -0.4 is 10.2 Å². The van der Waals surface area contributed by atoms with Crippen LogP contribution in [0.15, 0.2) is 6.07 Å². The number of pyridine rings is 1. The third-order valence-corrected chi connectivity index (χ3v) is 3.19. The highest BCUT2D eigenvalue weighted by molar-refractivity contribution is 6.42. The Balaban J connectivity index is 2.65. The third-order valence-electron chi connectivity index (χ3n) is 2.24. The van der Waals surface area contributed by atoms with Crippen molar-refractivity contribution in [2.75, 3.05) is 38.8 Å². The zero-order valence-corrected chi connectivity index (χ0v) is 12.8. The van der Waals surface area contributed by atoms with E-state index in [1.165, 1.54) is 6.07 Å². The Bertz CT molecular complexity index is 457. The summed E-state index contributed by atoms with van der Waals surface area (Å²) in [5, 5.41) is 3.45. The van der Waals surface area contributed by atoms with Gasteiger partial charge in [-0.3, -0.25) is 4.79 Å². The van der Waals surface area contributed by atoms with Gasteiger partial charge in [0.25, 0.3) is 0 Å². The normalized spacial score (nSPS) is 10.4. The first kappa shape index (κ1) is 16.3. The number of aromatic nitrogens is 1. The number of rotatable bonds is 6. The molecule has 0 saturated heterocycles. The summed E-state index contributed by atoms with van der Waals surface area (Å²) in [6, 6.07) is 1.49. The number of hydrogen-bond donors (Lipinski definition) is 1. The van der Waals surface area contributed by atoms with Crippen molar-refractivity contribution in [1.29, 1.82) is 0 Å². The number of anilines is 1. The number of nitrogens with one attached hydrogen (secondary N) is 1. The van der Waals surface area contributed by atoms with E-state index in [2.05, 4.69) is 10.3 Å². The molecule has 0 aliphatic heterocycles. The molecule has 1 rings (SSSR count). The molecule has 0 bridgehead atoms. The number of amides is 1. The van der Waals surface area contributed by atoms with Gasteiger partial charge in [0, 0.05) is 20.7 Å². The molecular formula is C11H14Cl3N3O2. The Hall–Kier alpha value is -0.750. The van der Waals surface area contributed by atoms with Crippen molar-refractivity contribution in [2.45, 2.75) is 0 Å². The van der Waals surface area contributed by atoms with Gasteiger partial charge in [0.2, 0.25) is 5.91 Å². The van der Waals surface area contributed by atoms with Crippen molar-refractivity contribution >= 4 is 46.5 Å². The summed E-state index contributed by atoms with van der Waals surface area (Å²) < 4.78 is 4.84. The number of nitrogens with zero attached hydrogens (tertiary/aromatic N) is 2. The van der Waals surface area contributed by atoms with Crippen LogP contribution in [0, 0.1) is 0 Å². The third kappa shape index (κ3) is 5.03. The molecule has 8 heteroatoms. The van der Waals surface area contributed by atoms with E-state index in [0.29, 0.717) is 24.0 Å². The van der Waals surface area contributed by atoms with Gasteiger partial charge in [-0.1, -0.05) is 34.8 Å². The number of hydrogen-bond acceptors (Lipinski definition) is 4. The number of ether oxygens (including phenoxy) is 1. The Kier molecular flexibility index (Phi) is 6.65. The molecule has 1 aromatic rings. The SMILES string of the molecule is COCCNC(=O)CN(C)c1nc(Cl)c(Cl)cc1Cl. The van der Waals surface area contributed by atoms with Gasteiger partial charge in [0.15, 0.2) is 0 Å². The fraction of sp³-hybridized carbons (Fsp3) is 0.455. The highest BCUT2D eigenvalue weighted by atomic mass is 35.5. The molecule has 0 aliphatic rings. The summed E-state index contributed by atoms with van der Waals surface area (Å²) in [4.78, 5) is 17.3. The molecule has 0 atom stereocenters. The Morgan fingerprint density at radius 1 is 1.42 bits per heavy atom. The van der Waals surface area contributed by atoms with Crippen molar-refractivity contribution in [3.8, 4) is 0 Å². The van der Waals surface area contributed by atoms with Gasteiger partial charge in [0.05, 0.1) is 23.2 Å². The van der Waals surface area contributed by atoms with Gasteiger partial charge in [-0.25, -0.2) is 4.98 Å². The number of halogens is 3. The molecular weight excluding hydrogens is 312 g/mol. The lowest BCUT2D eigenvalue weighted by atomic mass is 10.4. The molecule has 0 spiro atoms. The van der Waals surface area contributed by atoms with Crippen LogP contribution in [0.1, 0.15) is 0 Å². The summed E-state index contributed by atoms with van der Waals surface area (Å²) in [7, 11) is 3.26. The van der Waals surface area contributed by atoms with Crippen LogP contribution in [-0.4, -0.2) is 44.7 Å². The maximum atomic E-state index is 11.6. The lowest BCUT2D eigenvalue weighted by Crippen LogP contribution is -2.37. The zero-order chi connectivity index (χ0) is 14.4. The largest absolute Gasteiger partial charge is 0.383 e. The van der Waals surface area contributed by atoms with E-state index >= 15 is 0 Å². The van der Waals surface area contributed by atoms with Gasteiger partial charge in [0.1, 0.15) is 11.0 Å². The maximum Gasteiger partial charge on any atom is 0.239 e. The van der Waals surface area contributed by atoms with Gasteiger partial charge in [-0.2, -0.15) is 0 Å². The number of carbonyl (C=O) groups excluding carboxylic acids is 1. The molecule has 0 saturated carbocycles. The monoisotopic (exact) mass is 325 g/mol. The standard InChI is InChI=1S/C11H14Cl3N3O2/c1-17(6-9(18)15-3-4-19-2)11-8(13)5-7(12)10(14)16-11/h5H,3-4,6H2,1-2H3,(H,15,18). The Morgan fingerprint density at radius 2 is 2.11 bits per heavy atom. The van der Waals surface area contributed by atoms with Crippen LogP contribution in [0.2, 0.25) is 15.2 Å². The fourth-order valence-electron chi connectivity index (χ4n) is 1.34. The lowest BCUT2D eigenvalue weighted by molar-refractivity contribution is -0.119. The summed E-state index contributed by atoms with van der Waals surface area (Å²) in [6.45, 7) is 1.02. The maximum absolute atomic E-state index is 11.6. The predicted octanol–water partition coefficient (Wildman–Crippen LogP) is 2.24. The topological polar surface area (TPSA) is 54.5 Å². The van der Waals surface area contributed by atoms with Crippen LogP contribution in [-0.2, 0) is 9.53 Å². The first-order valence-electron chi connectivity index (χ1n) is 5.44. The first-order valence-corrected chi connectivity index (χ1v) is 6.57. The van der Waals surface area contributed by atoms with E-state index in [1.54, 1.807) is 19.1 Å². The Labute approximate surface area is 126 Å². The predicted molar refractivity (Wildman–Crippen MR) is 77.4 cm³/mol. The van der Waals surface area contributed by atoms with E-state index in [4.69, 9.17) is 39.5 Å². The second-order valence-corrected chi connectivity index (χ2v) is 4.94. The second kappa shape index (κ2) is 7.75. The molecule has 1 amide bonds. The molecule has 0 aromatic carbocycles. The molecule has 0 unspecified atom stereocenters. The molecule has 19 heavy (non-hydrogen) atoms. The van der Waals surface area contributed by atoms with Gasteiger partial charge < -0.3 is 15.0 Å². The molecule has 0 aliphatic carbocycles. The van der Waals surface area contributed by atoms with E-state index in [-0.39, 0.29) is 22.6 Å². The summed E-state index contributed by atoms with van der Waals surface area (Å²) in [5.41, 5.74) is 0. The Morgan fingerprint density at radius 3 is 2.74 bits per heavy atom. The van der Waals surface area contributed by atoms with Crippen LogP contribution in [0.3, 0.4) is 0 Å². The van der Waals surface area contributed by atoms with Crippen molar-refractivity contribution in [3.63, 3.8) is 0 Å². The quantitative estimate of drug-likeness (QED) is 0.643. The van der Waals surface area contributed by atoms with Crippen LogP contribution in [0.5, 0.6) is 0 Å². The van der Waals surface area contributed by atoms with E-state index < -0.39 is 0 Å². The number of methoxy groups -OCH3 is 1. The van der Waals surface area contributed by atoms with E-state index in [9.17, 15) is 4.79 Å². The summed E-state index contributed by atoms with van der Waals surface area (Å²) in [6.07, 6.45) is 0. The van der Waals surface area contributed by atoms with E-state index in [0.717, 1.165) is 0 Å². The average molecular weight is 327 g/mol. The minimum atomic E-state index is -0.163. The summed E-state index contributed by atoms with van der Waals surface area (Å²) >= 11 is 17.6. The van der Waals surface area contributed by atoms with Crippen molar-refractivity contribution in [1.82, 2.24) is 10.3 Å². The molecule has 1 aromatic heterocycles. The molecule has 0 fully saturated rings. The van der Waals surface area contributed by atoms with Crippen molar-refractivity contribution in [2.24, 2.45) is 0 Å².